The minimum atomic E-state index is -0.943. The molecule has 5 atom stereocenters. The van der Waals surface area contributed by atoms with Crippen molar-refractivity contribution in [3.63, 3.8) is 0 Å². The molecule has 3 rings (SSSR count). The van der Waals surface area contributed by atoms with Gasteiger partial charge in [-0.15, -0.1) is 0 Å². The third-order valence-corrected chi connectivity index (χ3v) is 7.98. The first-order valence-corrected chi connectivity index (χ1v) is 13.8. The molecule has 37 heavy (non-hydrogen) atoms. The SMILES string of the molecule is CC(C)[C@@H]1C[C@@H](C(=O)NC(CC2CCC2)C(=O)C(=O)NP)N(C(=O)[C@@H](NC(=O)NC2C=C2)C(C)(C)C)C1. The van der Waals surface area contributed by atoms with Gasteiger partial charge in [0.1, 0.15) is 12.1 Å². The van der Waals surface area contributed by atoms with Crippen molar-refractivity contribution in [1.29, 1.82) is 0 Å². The zero-order valence-electron chi connectivity index (χ0n) is 22.5. The van der Waals surface area contributed by atoms with Gasteiger partial charge in [-0.3, -0.25) is 19.2 Å². The van der Waals surface area contributed by atoms with Crippen LogP contribution in [0.2, 0.25) is 0 Å². The fraction of sp³-hybridized carbons (Fsp3) is 0.731. The molecule has 2 aliphatic carbocycles. The van der Waals surface area contributed by atoms with Crippen LogP contribution in [0.25, 0.3) is 0 Å². The second-order valence-corrected chi connectivity index (χ2v) is 12.3. The topological polar surface area (TPSA) is 137 Å². The predicted molar refractivity (Wildman–Crippen MR) is 143 cm³/mol. The minimum Gasteiger partial charge on any atom is -0.344 e. The maximum Gasteiger partial charge on any atom is 0.316 e. The zero-order chi connectivity index (χ0) is 27.5. The average molecular weight is 536 g/mol. The molecule has 3 aliphatic rings. The molecule has 206 valence electrons. The van der Waals surface area contributed by atoms with Crippen LogP contribution >= 0.6 is 9.39 Å². The number of nitrogens with one attached hydrogen (secondary N) is 4. The van der Waals surface area contributed by atoms with Gasteiger partial charge in [-0.25, -0.2) is 4.79 Å². The molecule has 0 bridgehead atoms. The lowest BCUT2D eigenvalue weighted by molar-refractivity contribution is -0.143. The number of nitrogens with zero attached hydrogens (tertiary/aromatic N) is 1. The lowest BCUT2D eigenvalue weighted by atomic mass is 9.80. The van der Waals surface area contributed by atoms with Gasteiger partial charge < -0.3 is 25.9 Å². The van der Waals surface area contributed by atoms with E-state index >= 15 is 0 Å². The first-order valence-electron chi connectivity index (χ1n) is 13.2. The summed E-state index contributed by atoms with van der Waals surface area (Å²) >= 11 is 0. The van der Waals surface area contributed by atoms with Crippen molar-refractivity contribution in [2.75, 3.05) is 6.54 Å². The molecule has 5 amide bonds. The molecule has 2 unspecified atom stereocenters. The number of rotatable bonds is 10. The van der Waals surface area contributed by atoms with Crippen LogP contribution in [-0.2, 0) is 19.2 Å². The molecule has 11 heteroatoms. The van der Waals surface area contributed by atoms with Crippen LogP contribution in [0.3, 0.4) is 0 Å². The Bertz CT molecular complexity index is 936. The number of carbonyl (C=O) groups is 5. The number of Topliss-reactive ketones (excluding diaryl/α,β-unsaturated/α-hetero) is 1. The Labute approximate surface area is 221 Å². The van der Waals surface area contributed by atoms with Gasteiger partial charge in [-0.05, 0) is 45.4 Å². The highest BCUT2D eigenvalue weighted by atomic mass is 31.0. The van der Waals surface area contributed by atoms with Crippen molar-refractivity contribution in [2.24, 2.45) is 23.2 Å². The lowest BCUT2D eigenvalue weighted by Gasteiger charge is -2.36. The molecule has 2 fully saturated rings. The van der Waals surface area contributed by atoms with E-state index in [1.54, 1.807) is 4.90 Å². The van der Waals surface area contributed by atoms with E-state index < -0.39 is 47.2 Å². The summed E-state index contributed by atoms with van der Waals surface area (Å²) in [5, 5.41) is 10.7. The van der Waals surface area contributed by atoms with Crippen molar-refractivity contribution in [1.82, 2.24) is 25.9 Å². The Kier molecular flexibility index (Phi) is 9.37. The molecule has 1 saturated carbocycles. The molecule has 10 nitrogen and oxygen atoms in total. The molecular formula is C26H42N5O5P. The third-order valence-electron chi connectivity index (χ3n) is 7.71. The maximum atomic E-state index is 13.9. The van der Waals surface area contributed by atoms with Crippen LogP contribution in [0.15, 0.2) is 12.2 Å². The minimum absolute atomic E-state index is 0.0842. The quantitative estimate of drug-likeness (QED) is 0.192. The second kappa shape index (κ2) is 11.9. The maximum absolute atomic E-state index is 13.9. The molecule has 0 aromatic carbocycles. The van der Waals surface area contributed by atoms with Gasteiger partial charge in [-0.1, -0.05) is 66.0 Å². The smallest absolute Gasteiger partial charge is 0.316 e. The fourth-order valence-electron chi connectivity index (χ4n) is 4.92. The first-order chi connectivity index (χ1) is 17.3. The fourth-order valence-corrected chi connectivity index (χ4v) is 5.07. The van der Waals surface area contributed by atoms with E-state index in [4.69, 9.17) is 0 Å². The number of likely N-dealkylation sites (tertiary alicyclic amines) is 1. The Balaban J connectivity index is 1.79. The Morgan fingerprint density at radius 1 is 1.05 bits per heavy atom. The number of urea groups is 1. The van der Waals surface area contributed by atoms with Crippen molar-refractivity contribution in [3.05, 3.63) is 12.2 Å². The molecule has 1 heterocycles. The molecule has 4 N–H and O–H groups in total. The van der Waals surface area contributed by atoms with Crippen molar-refractivity contribution in [3.8, 4) is 0 Å². The highest BCUT2D eigenvalue weighted by Crippen LogP contribution is 2.33. The lowest BCUT2D eigenvalue weighted by Crippen LogP contribution is -2.60. The van der Waals surface area contributed by atoms with Gasteiger partial charge in [0.05, 0.1) is 12.1 Å². The summed E-state index contributed by atoms with van der Waals surface area (Å²) in [7, 11) is 2.02. The van der Waals surface area contributed by atoms with Gasteiger partial charge in [0.2, 0.25) is 17.6 Å². The summed E-state index contributed by atoms with van der Waals surface area (Å²) in [4.78, 5) is 66.4. The van der Waals surface area contributed by atoms with E-state index in [0.717, 1.165) is 19.3 Å². The monoisotopic (exact) mass is 535 g/mol. The van der Waals surface area contributed by atoms with E-state index in [1.165, 1.54) is 0 Å². The van der Waals surface area contributed by atoms with Crippen molar-refractivity contribution in [2.45, 2.75) is 90.9 Å². The number of hydrogen-bond donors (Lipinski definition) is 4. The summed E-state index contributed by atoms with van der Waals surface area (Å²) in [6.07, 6.45) is 7.51. The van der Waals surface area contributed by atoms with E-state index in [2.05, 4.69) is 34.9 Å². The predicted octanol–water partition coefficient (Wildman–Crippen LogP) is 1.66. The van der Waals surface area contributed by atoms with Gasteiger partial charge in [0.15, 0.2) is 0 Å². The molecule has 0 aromatic heterocycles. The van der Waals surface area contributed by atoms with E-state index in [0.29, 0.717) is 19.4 Å². The molecule has 0 aromatic rings. The van der Waals surface area contributed by atoms with Crippen LogP contribution in [0.5, 0.6) is 0 Å². The highest BCUT2D eigenvalue weighted by molar-refractivity contribution is 7.15. The van der Waals surface area contributed by atoms with Crippen molar-refractivity contribution < 1.29 is 24.0 Å². The first kappa shape index (κ1) is 29.1. The molecule has 1 aliphatic heterocycles. The second-order valence-electron chi connectivity index (χ2n) is 12.0. The Hall–Kier alpha value is -2.48. The van der Waals surface area contributed by atoms with Crippen LogP contribution in [0.1, 0.15) is 66.7 Å². The van der Waals surface area contributed by atoms with E-state index in [9.17, 15) is 24.0 Å². The van der Waals surface area contributed by atoms with Gasteiger partial charge in [0.25, 0.3) is 5.91 Å². The zero-order valence-corrected chi connectivity index (χ0v) is 23.7. The highest BCUT2D eigenvalue weighted by Gasteiger charge is 2.46. The summed E-state index contributed by atoms with van der Waals surface area (Å²) in [6, 6.07) is -3.14. The standard InChI is InChI=1S/C26H42N5O5P/c1-14(2)16-12-19(22(33)28-18(11-15-7-6-8-15)20(32)23(34)30-37)31(13-16)24(35)21(26(3,4)5)29-25(36)27-17-9-10-17/h9-10,14-19,21H,6-8,11-13,37H2,1-5H3,(H,28,33)(H,30,34)(H2,27,29,36)/t16-,18?,19+,21-/m1/s1. The van der Waals surface area contributed by atoms with Crippen LogP contribution in [-0.4, -0.2) is 65.1 Å². The van der Waals surface area contributed by atoms with Crippen LogP contribution in [0.4, 0.5) is 4.79 Å². The molecule has 0 spiro atoms. The number of carbonyl (C=O) groups excluding carboxylic acids is 5. The summed E-state index contributed by atoms with van der Waals surface area (Å²) < 4.78 is 0. The van der Waals surface area contributed by atoms with Crippen LogP contribution in [0, 0.1) is 23.2 Å². The molecular weight excluding hydrogens is 493 g/mol. The van der Waals surface area contributed by atoms with Crippen LogP contribution < -0.4 is 21.0 Å². The van der Waals surface area contributed by atoms with Gasteiger partial charge in [0, 0.05) is 6.54 Å². The summed E-state index contributed by atoms with van der Waals surface area (Å²) in [5.74, 6) is -1.64. The number of hydrogen-bond acceptors (Lipinski definition) is 5. The number of amides is 5. The summed E-state index contributed by atoms with van der Waals surface area (Å²) in [6.45, 7) is 10.1. The van der Waals surface area contributed by atoms with Gasteiger partial charge in [-0.2, -0.15) is 0 Å². The molecule has 1 saturated heterocycles. The van der Waals surface area contributed by atoms with Crippen molar-refractivity contribution >= 4 is 38.9 Å². The summed E-state index contributed by atoms with van der Waals surface area (Å²) in [5.41, 5.74) is -0.609. The van der Waals surface area contributed by atoms with E-state index in [-0.39, 0.29) is 29.7 Å². The number of ketones is 1. The average Bonchev–Trinajstić information content (AvgIpc) is 3.48. The Morgan fingerprint density at radius 3 is 2.19 bits per heavy atom. The third kappa shape index (κ3) is 7.53. The van der Waals surface area contributed by atoms with Gasteiger partial charge >= 0.3 is 6.03 Å². The Morgan fingerprint density at radius 2 is 1.70 bits per heavy atom. The normalized spacial score (nSPS) is 23.2. The molecule has 0 radical (unpaired) electrons. The van der Waals surface area contributed by atoms with E-state index in [1.807, 2.05) is 42.3 Å². The largest absolute Gasteiger partial charge is 0.344 e.